The molecule has 0 saturated carbocycles. The lowest BCUT2D eigenvalue weighted by molar-refractivity contribution is 0.586. The highest BCUT2D eigenvalue weighted by Crippen LogP contribution is 2.24. The van der Waals surface area contributed by atoms with E-state index < -0.39 is 0 Å². The summed E-state index contributed by atoms with van der Waals surface area (Å²) in [5.74, 6) is 0. The van der Waals surface area contributed by atoms with Crippen LogP contribution < -0.4 is 5.46 Å². The lowest BCUT2D eigenvalue weighted by Gasteiger charge is -2.20. The average Bonchev–Trinajstić information content (AvgIpc) is 2.46. The van der Waals surface area contributed by atoms with Gasteiger partial charge in [-0.25, -0.2) is 0 Å². The highest BCUT2D eigenvalue weighted by molar-refractivity contribution is 6.67. The Hall–Kier alpha value is -0.755. The molecule has 1 N–H and O–H groups in total. The van der Waals surface area contributed by atoms with E-state index in [0.29, 0.717) is 0 Å². The van der Waals surface area contributed by atoms with Crippen LogP contribution in [0.1, 0.15) is 31.9 Å². The summed E-state index contributed by atoms with van der Waals surface area (Å²) >= 11 is 0. The summed E-state index contributed by atoms with van der Waals surface area (Å²) in [5, 5.41) is 9.68. The fourth-order valence-electron chi connectivity index (χ4n) is 2.06. The number of hydrogen-bond donors (Lipinski definition) is 1. The van der Waals surface area contributed by atoms with Crippen molar-refractivity contribution in [2.45, 2.75) is 38.9 Å². The highest BCUT2D eigenvalue weighted by Gasteiger charge is 2.26. The van der Waals surface area contributed by atoms with Crippen LogP contribution in [-0.4, -0.2) is 11.9 Å². The topological polar surface area (TPSA) is 20.2 Å². The number of rotatable bonds is 0. The Morgan fingerprint density at radius 2 is 2.00 bits per heavy atom. The third-order valence-corrected chi connectivity index (χ3v) is 3.06. The predicted molar refractivity (Wildman–Crippen MR) is 61.3 cm³/mol. The lowest BCUT2D eigenvalue weighted by atomic mass is 9.63. The maximum absolute atomic E-state index is 9.68. The normalized spacial score (nSPS) is 15.9. The van der Waals surface area contributed by atoms with Crippen LogP contribution in [0.25, 0.3) is 0 Å². The molecule has 14 heavy (non-hydrogen) atoms. The van der Waals surface area contributed by atoms with Crippen LogP contribution in [-0.2, 0) is 11.8 Å². The molecule has 1 aromatic rings. The average molecular weight is 188 g/mol. The van der Waals surface area contributed by atoms with Crippen molar-refractivity contribution in [1.29, 1.82) is 0 Å². The van der Waals surface area contributed by atoms with E-state index in [1.54, 1.807) is 0 Å². The molecule has 1 nitrogen and oxygen atoms in total. The Labute approximate surface area is 86.3 Å². The summed E-state index contributed by atoms with van der Waals surface area (Å²) in [6.45, 7) is 6.44. The lowest BCUT2D eigenvalue weighted by Crippen LogP contribution is -2.26. The minimum Gasteiger partial charge on any atom is -0.446 e. The van der Waals surface area contributed by atoms with Crippen LogP contribution in [0.15, 0.2) is 18.2 Å². The third kappa shape index (κ3) is 1.59. The second-order valence-corrected chi connectivity index (χ2v) is 5.22. The van der Waals surface area contributed by atoms with Crippen molar-refractivity contribution in [1.82, 2.24) is 0 Å². The summed E-state index contributed by atoms with van der Waals surface area (Å²) in [7, 11) is 0. The summed E-state index contributed by atoms with van der Waals surface area (Å²) < 4.78 is 0. The number of hydrogen-bond acceptors (Lipinski definition) is 1. The molecule has 1 aromatic carbocycles. The zero-order valence-corrected chi connectivity index (χ0v) is 9.17. The third-order valence-electron chi connectivity index (χ3n) is 3.06. The molecule has 1 aliphatic rings. The van der Waals surface area contributed by atoms with Gasteiger partial charge in [-0.1, -0.05) is 44.5 Å². The van der Waals surface area contributed by atoms with Gasteiger partial charge in [0, 0.05) is 0 Å². The molecule has 0 saturated heterocycles. The first-order valence-electron chi connectivity index (χ1n) is 5.30. The molecular formula is C12H17BO. The van der Waals surface area contributed by atoms with E-state index in [9.17, 15) is 5.02 Å². The SMILES string of the molecule is CC(C)(C)c1ccc2c(c1)CCB2O. The van der Waals surface area contributed by atoms with Crippen molar-refractivity contribution >= 4 is 12.4 Å². The quantitative estimate of drug-likeness (QED) is 0.614. The van der Waals surface area contributed by atoms with Gasteiger partial charge in [-0.2, -0.15) is 0 Å². The van der Waals surface area contributed by atoms with Gasteiger partial charge >= 0.3 is 6.92 Å². The Balaban J connectivity index is 2.42. The molecule has 1 aliphatic heterocycles. The van der Waals surface area contributed by atoms with Crippen LogP contribution in [0.2, 0.25) is 6.32 Å². The second kappa shape index (κ2) is 3.13. The van der Waals surface area contributed by atoms with Crippen LogP contribution in [0, 0.1) is 0 Å². The maximum atomic E-state index is 9.68. The molecule has 0 aliphatic carbocycles. The fourth-order valence-corrected chi connectivity index (χ4v) is 2.06. The summed E-state index contributed by atoms with van der Waals surface area (Å²) in [6.07, 6.45) is 1.92. The van der Waals surface area contributed by atoms with Crippen LogP contribution in [0.4, 0.5) is 0 Å². The molecule has 1 heterocycles. The van der Waals surface area contributed by atoms with Gasteiger partial charge < -0.3 is 5.02 Å². The van der Waals surface area contributed by atoms with Crippen LogP contribution in [0.3, 0.4) is 0 Å². The Morgan fingerprint density at radius 1 is 1.29 bits per heavy atom. The zero-order chi connectivity index (χ0) is 10.3. The monoisotopic (exact) mass is 188 g/mol. The first kappa shape index (κ1) is 9.79. The zero-order valence-electron chi connectivity index (χ0n) is 9.17. The molecule has 0 aromatic heterocycles. The minimum atomic E-state index is -0.223. The largest absolute Gasteiger partial charge is 0.446 e. The van der Waals surface area contributed by atoms with E-state index in [0.717, 1.165) is 18.2 Å². The van der Waals surface area contributed by atoms with E-state index in [-0.39, 0.29) is 12.3 Å². The smallest absolute Gasteiger partial charge is 0.324 e. The second-order valence-electron chi connectivity index (χ2n) is 5.22. The maximum Gasteiger partial charge on any atom is 0.324 e. The van der Waals surface area contributed by atoms with Gasteiger partial charge in [0.25, 0.3) is 0 Å². The van der Waals surface area contributed by atoms with E-state index in [1.807, 2.05) is 0 Å². The van der Waals surface area contributed by atoms with Crippen molar-refractivity contribution in [3.63, 3.8) is 0 Å². The summed E-state index contributed by atoms with van der Waals surface area (Å²) in [5.41, 5.74) is 4.05. The van der Waals surface area contributed by atoms with Crippen molar-refractivity contribution in [3.05, 3.63) is 29.3 Å². The molecule has 0 unspecified atom stereocenters. The van der Waals surface area contributed by atoms with E-state index in [1.165, 1.54) is 11.1 Å². The molecule has 0 spiro atoms. The van der Waals surface area contributed by atoms with Gasteiger partial charge in [0.05, 0.1) is 0 Å². The molecule has 2 rings (SSSR count). The first-order valence-corrected chi connectivity index (χ1v) is 5.30. The Morgan fingerprint density at radius 3 is 2.64 bits per heavy atom. The molecule has 0 fully saturated rings. The molecule has 0 radical (unpaired) electrons. The van der Waals surface area contributed by atoms with Crippen LogP contribution >= 0.6 is 0 Å². The summed E-state index contributed by atoms with van der Waals surface area (Å²) in [6, 6.07) is 6.49. The van der Waals surface area contributed by atoms with E-state index >= 15 is 0 Å². The predicted octanol–water partition coefficient (Wildman–Crippen LogP) is 1.73. The van der Waals surface area contributed by atoms with E-state index in [4.69, 9.17) is 0 Å². The standard InChI is InChI=1S/C12H17BO/c1-12(2,3)10-4-5-11-9(8-10)6-7-13(11)14/h4-5,8,14H,6-7H2,1-3H3. The van der Waals surface area contributed by atoms with Crippen molar-refractivity contribution < 1.29 is 5.02 Å². The molecule has 0 atom stereocenters. The highest BCUT2D eigenvalue weighted by atomic mass is 16.2. The van der Waals surface area contributed by atoms with Gasteiger partial charge in [0.1, 0.15) is 0 Å². The molecular weight excluding hydrogens is 171 g/mol. The molecule has 74 valence electrons. The van der Waals surface area contributed by atoms with Crippen LogP contribution in [0.5, 0.6) is 0 Å². The molecule has 0 amide bonds. The summed E-state index contributed by atoms with van der Waals surface area (Å²) in [4.78, 5) is 0. The van der Waals surface area contributed by atoms with Crippen molar-refractivity contribution in [2.75, 3.05) is 0 Å². The Bertz CT molecular complexity index is 352. The first-order chi connectivity index (χ1) is 6.48. The van der Waals surface area contributed by atoms with Crippen molar-refractivity contribution in [2.24, 2.45) is 0 Å². The minimum absolute atomic E-state index is 0.211. The number of aryl methyl sites for hydroxylation is 1. The van der Waals surface area contributed by atoms with E-state index in [2.05, 4.69) is 39.0 Å². The van der Waals surface area contributed by atoms with Gasteiger partial charge in [0.2, 0.25) is 0 Å². The van der Waals surface area contributed by atoms with Gasteiger partial charge in [-0.15, -0.1) is 0 Å². The number of benzene rings is 1. The van der Waals surface area contributed by atoms with Gasteiger partial charge in [0.15, 0.2) is 0 Å². The van der Waals surface area contributed by atoms with Crippen molar-refractivity contribution in [3.8, 4) is 0 Å². The Kier molecular flexibility index (Phi) is 2.19. The van der Waals surface area contributed by atoms with Gasteiger partial charge in [-0.05, 0) is 29.2 Å². The molecule has 2 heteroatoms. The fraction of sp³-hybridized carbons (Fsp3) is 0.500. The number of fused-ring (bicyclic) bond motifs is 1. The van der Waals surface area contributed by atoms with Gasteiger partial charge in [-0.3, -0.25) is 0 Å². The molecule has 0 bridgehead atoms.